The van der Waals surface area contributed by atoms with Gasteiger partial charge in [0.2, 0.25) is 0 Å². The lowest BCUT2D eigenvalue weighted by molar-refractivity contribution is 0.0695. The van der Waals surface area contributed by atoms with Gasteiger partial charge in [0.1, 0.15) is 16.9 Å². The summed E-state index contributed by atoms with van der Waals surface area (Å²) in [6.45, 7) is 0. The van der Waals surface area contributed by atoms with E-state index >= 15 is 0 Å². The molecule has 0 unspecified atom stereocenters. The number of hydrogen-bond acceptors (Lipinski definition) is 5. The third kappa shape index (κ3) is 2.81. The van der Waals surface area contributed by atoms with Crippen molar-refractivity contribution in [3.8, 4) is 22.4 Å². The molecule has 2 heterocycles. The van der Waals surface area contributed by atoms with E-state index in [2.05, 4.69) is 10.1 Å². The number of nitrogens with zero attached hydrogens (tertiary/aromatic N) is 2. The third-order valence-electron chi connectivity index (χ3n) is 3.83. The van der Waals surface area contributed by atoms with Gasteiger partial charge in [-0.3, -0.25) is 9.48 Å². The summed E-state index contributed by atoms with van der Waals surface area (Å²) in [4.78, 5) is 37.4. The van der Waals surface area contributed by atoms with Crippen LogP contribution in [0.25, 0.3) is 22.4 Å². The molecule has 0 saturated carbocycles. The summed E-state index contributed by atoms with van der Waals surface area (Å²) in [7, 11) is 1.75. The molecule has 0 amide bonds. The summed E-state index contributed by atoms with van der Waals surface area (Å²) < 4.78 is 1.60. The zero-order valence-electron chi connectivity index (χ0n) is 13.6. The van der Waals surface area contributed by atoms with Gasteiger partial charge in [-0.15, -0.1) is 0 Å². The average molecular weight is 354 g/mol. The van der Waals surface area contributed by atoms with Crippen molar-refractivity contribution >= 4 is 17.8 Å². The van der Waals surface area contributed by atoms with Crippen LogP contribution >= 0.6 is 0 Å². The lowest BCUT2D eigenvalue weighted by atomic mass is 9.94. The first-order valence-corrected chi connectivity index (χ1v) is 7.42. The largest absolute Gasteiger partial charge is 0.478 e. The highest BCUT2D eigenvalue weighted by molar-refractivity contribution is 6.07. The van der Waals surface area contributed by atoms with Gasteiger partial charge in [-0.1, -0.05) is 18.2 Å². The van der Waals surface area contributed by atoms with Crippen molar-refractivity contribution in [3.63, 3.8) is 0 Å². The molecule has 26 heavy (non-hydrogen) atoms. The molecule has 1 aromatic carbocycles. The van der Waals surface area contributed by atoms with Gasteiger partial charge in [0, 0.05) is 24.4 Å². The molecule has 5 N–H and O–H groups in total. The van der Waals surface area contributed by atoms with Crippen LogP contribution in [0, 0.1) is 0 Å². The maximum absolute atomic E-state index is 12.1. The number of rotatable bonds is 4. The molecule has 132 valence electrons. The predicted octanol–water partition coefficient (Wildman–Crippen LogP) is 1.42. The molecule has 2 aromatic heterocycles. The smallest absolute Gasteiger partial charge is 0.342 e. The Morgan fingerprint density at radius 3 is 2.35 bits per heavy atom. The molecule has 3 rings (SSSR count). The fraction of sp³-hybridized carbons (Fsp3) is 0.0588. The number of carboxylic acid groups (broad SMARTS) is 2. The van der Waals surface area contributed by atoms with E-state index in [0.29, 0.717) is 11.3 Å². The summed E-state index contributed by atoms with van der Waals surface area (Å²) in [5.41, 5.74) is 4.74. The van der Waals surface area contributed by atoms with Crippen LogP contribution in [0.3, 0.4) is 0 Å². The van der Waals surface area contributed by atoms with E-state index in [9.17, 15) is 24.6 Å². The SMILES string of the molecule is Cn1ccc(-c2cccc(-c3c(C(=O)O)c(N)[nH]c(=O)c3C(=O)O)c2)n1. The molecular formula is C17H14N4O5. The summed E-state index contributed by atoms with van der Waals surface area (Å²) in [5, 5.41) is 23.2. The van der Waals surface area contributed by atoms with E-state index in [1.54, 1.807) is 42.2 Å². The van der Waals surface area contributed by atoms with Crippen LogP contribution in [0.4, 0.5) is 5.82 Å². The summed E-state index contributed by atoms with van der Waals surface area (Å²) in [6.07, 6.45) is 1.73. The second-order valence-electron chi connectivity index (χ2n) is 5.56. The van der Waals surface area contributed by atoms with Crippen LogP contribution in [0.2, 0.25) is 0 Å². The Balaban J connectivity index is 2.35. The quantitative estimate of drug-likeness (QED) is 0.553. The Kier molecular flexibility index (Phi) is 4.05. The maximum atomic E-state index is 12.1. The van der Waals surface area contributed by atoms with Crippen LogP contribution in [-0.4, -0.2) is 36.9 Å². The standard InChI is InChI=1S/C17H14N4O5/c1-21-6-5-10(20-21)8-3-2-4-9(7-8)11-12(16(23)24)14(18)19-15(22)13(11)17(25)26/h2-7H,1H3,(H,23,24)(H,25,26)(H3,18,19,22). The monoisotopic (exact) mass is 354 g/mol. The van der Waals surface area contributed by atoms with E-state index in [-0.39, 0.29) is 11.1 Å². The van der Waals surface area contributed by atoms with Gasteiger partial charge in [-0.2, -0.15) is 5.10 Å². The van der Waals surface area contributed by atoms with Gasteiger partial charge in [0.05, 0.1) is 5.69 Å². The van der Waals surface area contributed by atoms with Gasteiger partial charge < -0.3 is 20.9 Å². The molecule has 0 aliphatic heterocycles. The third-order valence-corrected chi connectivity index (χ3v) is 3.83. The van der Waals surface area contributed by atoms with Crippen molar-refractivity contribution in [2.24, 2.45) is 7.05 Å². The highest BCUT2D eigenvalue weighted by atomic mass is 16.4. The van der Waals surface area contributed by atoms with E-state index in [0.717, 1.165) is 0 Å². The minimum atomic E-state index is -1.55. The van der Waals surface area contributed by atoms with Gasteiger partial charge >= 0.3 is 11.9 Å². The van der Waals surface area contributed by atoms with Crippen LogP contribution in [0.1, 0.15) is 20.7 Å². The number of hydrogen-bond donors (Lipinski definition) is 4. The second-order valence-corrected chi connectivity index (χ2v) is 5.56. The van der Waals surface area contributed by atoms with E-state index < -0.39 is 34.4 Å². The van der Waals surface area contributed by atoms with Crippen molar-refractivity contribution in [1.82, 2.24) is 14.8 Å². The fourth-order valence-corrected chi connectivity index (χ4v) is 2.74. The molecule has 9 nitrogen and oxygen atoms in total. The Hall–Kier alpha value is -3.88. The van der Waals surface area contributed by atoms with Crippen molar-refractivity contribution in [1.29, 1.82) is 0 Å². The molecule has 0 atom stereocenters. The number of aromatic amines is 1. The average Bonchev–Trinajstić information content (AvgIpc) is 3.00. The number of carbonyl (C=O) groups is 2. The normalized spacial score (nSPS) is 10.7. The van der Waals surface area contributed by atoms with Crippen LogP contribution in [0.15, 0.2) is 41.3 Å². The molecule has 0 radical (unpaired) electrons. The number of carboxylic acids is 2. The number of pyridine rings is 1. The zero-order valence-corrected chi connectivity index (χ0v) is 13.6. The lowest BCUT2D eigenvalue weighted by Gasteiger charge is -2.12. The van der Waals surface area contributed by atoms with Crippen molar-refractivity contribution < 1.29 is 19.8 Å². The Morgan fingerprint density at radius 2 is 1.77 bits per heavy atom. The van der Waals surface area contributed by atoms with Crippen LogP contribution < -0.4 is 11.3 Å². The zero-order chi connectivity index (χ0) is 19.0. The lowest BCUT2D eigenvalue weighted by Crippen LogP contribution is -2.24. The summed E-state index contributed by atoms with van der Waals surface area (Å²) in [6, 6.07) is 8.19. The molecule has 3 aromatic rings. The number of aromatic nitrogens is 3. The highest BCUT2D eigenvalue weighted by Crippen LogP contribution is 2.31. The predicted molar refractivity (Wildman–Crippen MR) is 93.0 cm³/mol. The molecule has 0 fully saturated rings. The first-order valence-electron chi connectivity index (χ1n) is 7.42. The fourth-order valence-electron chi connectivity index (χ4n) is 2.74. The van der Waals surface area contributed by atoms with E-state index in [1.165, 1.54) is 6.07 Å². The van der Waals surface area contributed by atoms with Gasteiger partial charge in [-0.25, -0.2) is 9.59 Å². The van der Waals surface area contributed by atoms with Crippen molar-refractivity contribution in [3.05, 3.63) is 58.0 Å². The second kappa shape index (κ2) is 6.20. The number of aromatic carboxylic acids is 2. The Bertz CT molecular complexity index is 1100. The van der Waals surface area contributed by atoms with Crippen molar-refractivity contribution in [2.75, 3.05) is 5.73 Å². The topological polar surface area (TPSA) is 151 Å². The first kappa shape index (κ1) is 17.0. The minimum absolute atomic E-state index is 0.237. The highest BCUT2D eigenvalue weighted by Gasteiger charge is 2.26. The van der Waals surface area contributed by atoms with E-state index in [4.69, 9.17) is 5.73 Å². The number of aryl methyl sites for hydroxylation is 1. The number of nitrogens with one attached hydrogen (secondary N) is 1. The molecule has 9 heteroatoms. The first-order chi connectivity index (χ1) is 12.3. The van der Waals surface area contributed by atoms with E-state index in [1.807, 2.05) is 0 Å². The molecule has 0 spiro atoms. The molecule has 0 bridgehead atoms. The number of anilines is 1. The molecule has 0 aliphatic carbocycles. The molecule has 0 aliphatic rings. The minimum Gasteiger partial charge on any atom is -0.478 e. The number of benzene rings is 1. The van der Waals surface area contributed by atoms with Gasteiger partial charge in [0.15, 0.2) is 0 Å². The molecular weight excluding hydrogens is 340 g/mol. The van der Waals surface area contributed by atoms with Gasteiger partial charge in [-0.05, 0) is 17.7 Å². The summed E-state index contributed by atoms with van der Waals surface area (Å²) >= 11 is 0. The Labute approximate surface area is 146 Å². The molecule has 0 saturated heterocycles. The number of nitrogen functional groups attached to an aromatic ring is 1. The van der Waals surface area contributed by atoms with Gasteiger partial charge in [0.25, 0.3) is 5.56 Å². The number of H-pyrrole nitrogens is 1. The maximum Gasteiger partial charge on any atom is 0.342 e. The number of nitrogens with two attached hydrogens (primary N) is 1. The van der Waals surface area contributed by atoms with Crippen LogP contribution in [0.5, 0.6) is 0 Å². The summed E-state index contributed by atoms with van der Waals surface area (Å²) in [5.74, 6) is -3.41. The van der Waals surface area contributed by atoms with Crippen molar-refractivity contribution in [2.45, 2.75) is 0 Å². The Morgan fingerprint density at radius 1 is 1.12 bits per heavy atom. The van der Waals surface area contributed by atoms with Crippen LogP contribution in [-0.2, 0) is 7.05 Å².